The summed E-state index contributed by atoms with van der Waals surface area (Å²) in [5, 5.41) is 4.41. The summed E-state index contributed by atoms with van der Waals surface area (Å²) >= 11 is 6.20. The first-order chi connectivity index (χ1) is 10.1. The Kier molecular flexibility index (Phi) is 4.21. The molecule has 0 heterocycles. The van der Waals surface area contributed by atoms with Crippen molar-refractivity contribution in [2.24, 2.45) is 0 Å². The minimum atomic E-state index is 0.286. The summed E-state index contributed by atoms with van der Waals surface area (Å²) < 4.78 is 0. The average molecular weight is 300 g/mol. The highest BCUT2D eigenvalue weighted by Gasteiger charge is 2.13. The first-order valence-electron chi connectivity index (χ1n) is 7.78. The van der Waals surface area contributed by atoms with Crippen LogP contribution in [-0.2, 0) is 12.8 Å². The molecule has 2 aromatic carbocycles. The lowest BCUT2D eigenvalue weighted by Crippen LogP contribution is -2.10. The molecule has 1 nitrogen and oxygen atoms in total. The van der Waals surface area contributed by atoms with E-state index in [1.807, 2.05) is 12.1 Å². The summed E-state index contributed by atoms with van der Waals surface area (Å²) in [7, 11) is 0. The van der Waals surface area contributed by atoms with Crippen molar-refractivity contribution in [1.82, 2.24) is 0 Å². The Balaban J connectivity index is 1.82. The van der Waals surface area contributed by atoms with E-state index >= 15 is 0 Å². The zero-order chi connectivity index (χ0) is 14.8. The van der Waals surface area contributed by atoms with Crippen LogP contribution < -0.4 is 5.32 Å². The van der Waals surface area contributed by atoms with Crippen molar-refractivity contribution in [3.8, 4) is 0 Å². The monoisotopic (exact) mass is 299 g/mol. The maximum atomic E-state index is 6.20. The van der Waals surface area contributed by atoms with E-state index in [1.54, 1.807) is 0 Å². The van der Waals surface area contributed by atoms with Gasteiger partial charge in [0.25, 0.3) is 0 Å². The summed E-state index contributed by atoms with van der Waals surface area (Å²) in [6, 6.07) is 13.3. The zero-order valence-electron chi connectivity index (χ0n) is 12.7. The van der Waals surface area contributed by atoms with E-state index in [0.717, 1.165) is 16.3 Å². The van der Waals surface area contributed by atoms with Crippen molar-refractivity contribution in [3.63, 3.8) is 0 Å². The Morgan fingerprint density at radius 2 is 1.81 bits per heavy atom. The predicted octanol–water partition coefficient (Wildman–Crippen LogP) is 5.70. The van der Waals surface area contributed by atoms with Gasteiger partial charge in [-0.15, -0.1) is 0 Å². The summed E-state index contributed by atoms with van der Waals surface area (Å²) in [5.74, 6) is 0. The summed E-state index contributed by atoms with van der Waals surface area (Å²) in [6.07, 6.45) is 5.13. The van der Waals surface area contributed by atoms with E-state index < -0.39 is 0 Å². The number of hydrogen-bond acceptors (Lipinski definition) is 1. The molecule has 0 aliphatic heterocycles. The van der Waals surface area contributed by atoms with Crippen LogP contribution in [0.15, 0.2) is 36.4 Å². The van der Waals surface area contributed by atoms with Gasteiger partial charge in [0.2, 0.25) is 0 Å². The van der Waals surface area contributed by atoms with Crippen molar-refractivity contribution in [1.29, 1.82) is 0 Å². The molecule has 1 aliphatic rings. The van der Waals surface area contributed by atoms with Crippen LogP contribution in [0.4, 0.5) is 5.69 Å². The molecule has 2 aromatic rings. The topological polar surface area (TPSA) is 12.0 Å². The van der Waals surface area contributed by atoms with E-state index in [4.69, 9.17) is 11.6 Å². The molecule has 0 aromatic heterocycles. The fourth-order valence-corrected chi connectivity index (χ4v) is 3.28. The van der Waals surface area contributed by atoms with E-state index in [1.165, 1.54) is 42.4 Å². The second kappa shape index (κ2) is 6.11. The molecule has 1 N–H and O–H groups in total. The van der Waals surface area contributed by atoms with E-state index in [9.17, 15) is 0 Å². The molecule has 0 saturated carbocycles. The number of rotatable bonds is 3. The van der Waals surface area contributed by atoms with Gasteiger partial charge in [-0.3, -0.25) is 0 Å². The molecule has 3 rings (SSSR count). The molecule has 0 saturated heterocycles. The quantitative estimate of drug-likeness (QED) is 0.766. The van der Waals surface area contributed by atoms with Crippen LogP contribution >= 0.6 is 11.6 Å². The van der Waals surface area contributed by atoms with Crippen molar-refractivity contribution in [2.75, 3.05) is 5.32 Å². The van der Waals surface area contributed by atoms with Crippen LogP contribution in [0.25, 0.3) is 0 Å². The second-order valence-electron chi connectivity index (χ2n) is 6.01. The Labute approximate surface area is 132 Å². The van der Waals surface area contributed by atoms with E-state index in [0.29, 0.717) is 0 Å². The standard InChI is InChI=1S/C19H22ClN/c1-13-18(20)8-5-9-19(13)21-14(2)16-11-10-15-6-3-4-7-17(15)12-16/h5,8-12,14,21H,3-4,6-7H2,1-2H3. The normalized spacial score (nSPS) is 15.4. The molecule has 0 amide bonds. The highest BCUT2D eigenvalue weighted by molar-refractivity contribution is 6.31. The number of benzene rings is 2. The second-order valence-corrected chi connectivity index (χ2v) is 6.42. The summed E-state index contributed by atoms with van der Waals surface area (Å²) in [4.78, 5) is 0. The van der Waals surface area contributed by atoms with Gasteiger partial charge in [-0.2, -0.15) is 0 Å². The van der Waals surface area contributed by atoms with Gasteiger partial charge in [0.15, 0.2) is 0 Å². The van der Waals surface area contributed by atoms with Gasteiger partial charge in [0.05, 0.1) is 0 Å². The Morgan fingerprint density at radius 3 is 2.62 bits per heavy atom. The molecule has 0 bridgehead atoms. The van der Waals surface area contributed by atoms with Gasteiger partial charge in [-0.25, -0.2) is 0 Å². The molecule has 1 atom stereocenters. The van der Waals surface area contributed by atoms with Crippen LogP contribution in [0.5, 0.6) is 0 Å². The number of aryl methyl sites for hydroxylation is 2. The van der Waals surface area contributed by atoms with Crippen molar-refractivity contribution >= 4 is 17.3 Å². The van der Waals surface area contributed by atoms with Crippen molar-refractivity contribution in [3.05, 3.63) is 63.7 Å². The number of anilines is 1. The van der Waals surface area contributed by atoms with Gasteiger partial charge in [0, 0.05) is 16.8 Å². The van der Waals surface area contributed by atoms with Gasteiger partial charge >= 0.3 is 0 Å². The lowest BCUT2D eigenvalue weighted by atomic mass is 9.89. The van der Waals surface area contributed by atoms with Crippen LogP contribution in [0, 0.1) is 6.92 Å². The first-order valence-corrected chi connectivity index (χ1v) is 8.16. The molecular weight excluding hydrogens is 278 g/mol. The lowest BCUT2D eigenvalue weighted by molar-refractivity contribution is 0.683. The van der Waals surface area contributed by atoms with Crippen LogP contribution in [0.1, 0.15) is 48.1 Å². The van der Waals surface area contributed by atoms with Gasteiger partial charge < -0.3 is 5.32 Å². The number of nitrogens with one attached hydrogen (secondary N) is 1. The largest absolute Gasteiger partial charge is 0.378 e. The number of halogens is 1. The minimum Gasteiger partial charge on any atom is -0.378 e. The molecular formula is C19H22ClN. The zero-order valence-corrected chi connectivity index (χ0v) is 13.5. The van der Waals surface area contributed by atoms with Crippen LogP contribution in [0.3, 0.4) is 0 Å². The maximum Gasteiger partial charge on any atom is 0.0485 e. The van der Waals surface area contributed by atoms with Crippen molar-refractivity contribution in [2.45, 2.75) is 45.6 Å². The third-order valence-electron chi connectivity index (χ3n) is 4.51. The van der Waals surface area contributed by atoms with Gasteiger partial charge in [-0.1, -0.05) is 35.9 Å². The van der Waals surface area contributed by atoms with Gasteiger partial charge in [-0.05, 0) is 73.9 Å². The van der Waals surface area contributed by atoms with Crippen LogP contribution in [0.2, 0.25) is 5.02 Å². The predicted molar refractivity (Wildman–Crippen MR) is 91.3 cm³/mol. The van der Waals surface area contributed by atoms with E-state index in [2.05, 4.69) is 43.4 Å². The minimum absolute atomic E-state index is 0.286. The Hall–Kier alpha value is -1.47. The fraction of sp³-hybridized carbons (Fsp3) is 0.368. The lowest BCUT2D eigenvalue weighted by Gasteiger charge is -2.21. The molecule has 2 heteroatoms. The third kappa shape index (κ3) is 3.08. The Morgan fingerprint density at radius 1 is 1.05 bits per heavy atom. The Bertz CT molecular complexity index is 648. The third-order valence-corrected chi connectivity index (χ3v) is 4.92. The summed E-state index contributed by atoms with van der Waals surface area (Å²) in [5.41, 5.74) is 6.66. The molecule has 1 unspecified atom stereocenters. The SMILES string of the molecule is Cc1c(Cl)cccc1NC(C)c1ccc2c(c1)CCCC2. The highest BCUT2D eigenvalue weighted by Crippen LogP contribution is 2.29. The molecule has 0 spiro atoms. The number of fused-ring (bicyclic) bond motifs is 1. The molecule has 110 valence electrons. The molecule has 1 aliphatic carbocycles. The average Bonchev–Trinajstić information content (AvgIpc) is 2.51. The van der Waals surface area contributed by atoms with E-state index in [-0.39, 0.29) is 6.04 Å². The number of hydrogen-bond donors (Lipinski definition) is 1. The molecule has 21 heavy (non-hydrogen) atoms. The highest BCUT2D eigenvalue weighted by atomic mass is 35.5. The summed E-state index contributed by atoms with van der Waals surface area (Å²) in [6.45, 7) is 4.27. The first kappa shape index (κ1) is 14.5. The smallest absolute Gasteiger partial charge is 0.0485 e. The maximum absolute atomic E-state index is 6.20. The molecule has 0 fully saturated rings. The van der Waals surface area contributed by atoms with Crippen molar-refractivity contribution < 1.29 is 0 Å². The van der Waals surface area contributed by atoms with Crippen LogP contribution in [-0.4, -0.2) is 0 Å². The molecule has 0 radical (unpaired) electrons. The fourth-order valence-electron chi connectivity index (χ4n) is 3.10. The van der Waals surface area contributed by atoms with Gasteiger partial charge in [0.1, 0.15) is 0 Å².